The number of fused-ring (bicyclic) bond motifs is 2. The Labute approximate surface area is 138 Å². The third kappa shape index (κ3) is 2.28. The fourth-order valence-corrected chi connectivity index (χ4v) is 4.35. The van der Waals surface area contributed by atoms with Gasteiger partial charge in [-0.25, -0.2) is 9.78 Å². The highest BCUT2D eigenvalue weighted by Crippen LogP contribution is 2.53. The van der Waals surface area contributed by atoms with E-state index in [1.165, 1.54) is 35.3 Å². The summed E-state index contributed by atoms with van der Waals surface area (Å²) in [4.78, 5) is 18.6. The zero-order chi connectivity index (χ0) is 16.2. The zero-order valence-electron chi connectivity index (χ0n) is 13.1. The number of aryl methyl sites for hydroxylation is 1. The van der Waals surface area contributed by atoms with Crippen LogP contribution in [0.15, 0.2) is 18.2 Å². The van der Waals surface area contributed by atoms with E-state index in [1.54, 1.807) is 7.11 Å². The SMILES string of the molecule is COc1ccc2c(c1)C1(CC1)CN(c1nc(C(=O)O)c(C)s1)C2. The minimum atomic E-state index is -0.951. The van der Waals surface area contributed by atoms with Gasteiger partial charge in [0.25, 0.3) is 0 Å². The lowest BCUT2D eigenvalue weighted by molar-refractivity contribution is 0.0690. The molecule has 6 heteroatoms. The maximum Gasteiger partial charge on any atom is 0.355 e. The van der Waals surface area contributed by atoms with Crippen molar-refractivity contribution in [1.29, 1.82) is 0 Å². The quantitative estimate of drug-likeness (QED) is 0.936. The van der Waals surface area contributed by atoms with Crippen LogP contribution in [0.1, 0.15) is 39.3 Å². The Morgan fingerprint density at radius 3 is 2.83 bits per heavy atom. The van der Waals surface area contributed by atoms with Crippen molar-refractivity contribution in [3.8, 4) is 5.75 Å². The number of benzene rings is 1. The van der Waals surface area contributed by atoms with E-state index >= 15 is 0 Å². The monoisotopic (exact) mass is 330 g/mol. The van der Waals surface area contributed by atoms with Crippen molar-refractivity contribution in [3.05, 3.63) is 39.9 Å². The second kappa shape index (κ2) is 4.96. The van der Waals surface area contributed by atoms with Crippen LogP contribution in [0.25, 0.3) is 0 Å². The van der Waals surface area contributed by atoms with Crippen molar-refractivity contribution in [2.45, 2.75) is 31.7 Å². The van der Waals surface area contributed by atoms with Gasteiger partial charge >= 0.3 is 5.97 Å². The number of hydrogen-bond donors (Lipinski definition) is 1. The topological polar surface area (TPSA) is 62.7 Å². The lowest BCUT2D eigenvalue weighted by Gasteiger charge is -2.35. The fourth-order valence-electron chi connectivity index (χ4n) is 3.46. The van der Waals surface area contributed by atoms with Gasteiger partial charge in [-0.05, 0) is 43.0 Å². The molecule has 4 rings (SSSR count). The molecule has 1 spiro atoms. The third-order valence-corrected chi connectivity index (χ3v) is 5.89. The van der Waals surface area contributed by atoms with Crippen LogP contribution in [0.2, 0.25) is 0 Å². The largest absolute Gasteiger partial charge is 0.497 e. The van der Waals surface area contributed by atoms with Crippen LogP contribution >= 0.6 is 11.3 Å². The fraction of sp³-hybridized carbons (Fsp3) is 0.412. The molecular formula is C17H18N2O3S. The molecule has 23 heavy (non-hydrogen) atoms. The number of aromatic nitrogens is 1. The molecule has 2 aliphatic rings. The molecule has 120 valence electrons. The van der Waals surface area contributed by atoms with E-state index in [0.29, 0.717) is 0 Å². The number of hydrogen-bond acceptors (Lipinski definition) is 5. The molecule has 0 atom stereocenters. The molecule has 1 aliphatic carbocycles. The van der Waals surface area contributed by atoms with E-state index in [1.807, 2.05) is 13.0 Å². The summed E-state index contributed by atoms with van der Waals surface area (Å²) in [5.41, 5.74) is 3.04. The maximum atomic E-state index is 11.2. The highest BCUT2D eigenvalue weighted by molar-refractivity contribution is 7.15. The maximum absolute atomic E-state index is 11.2. The molecule has 2 heterocycles. The highest BCUT2D eigenvalue weighted by atomic mass is 32.1. The van der Waals surface area contributed by atoms with Gasteiger partial charge in [-0.2, -0.15) is 0 Å². The van der Waals surface area contributed by atoms with E-state index in [0.717, 1.165) is 28.8 Å². The average molecular weight is 330 g/mol. The van der Waals surface area contributed by atoms with Crippen molar-refractivity contribution in [2.24, 2.45) is 0 Å². The first kappa shape index (κ1) is 14.5. The van der Waals surface area contributed by atoms with Crippen molar-refractivity contribution in [2.75, 3.05) is 18.6 Å². The second-order valence-corrected chi connectivity index (χ2v) is 7.55. The van der Waals surface area contributed by atoms with E-state index in [2.05, 4.69) is 22.0 Å². The first-order valence-electron chi connectivity index (χ1n) is 7.65. The van der Waals surface area contributed by atoms with Gasteiger partial charge in [0.2, 0.25) is 0 Å². The van der Waals surface area contributed by atoms with Gasteiger partial charge in [0.05, 0.1) is 7.11 Å². The molecule has 1 saturated carbocycles. The summed E-state index contributed by atoms with van der Waals surface area (Å²) in [5, 5.41) is 10.0. The van der Waals surface area contributed by atoms with E-state index in [9.17, 15) is 9.90 Å². The summed E-state index contributed by atoms with van der Waals surface area (Å²) in [6, 6.07) is 6.28. The molecule has 1 aliphatic heterocycles. The number of thiazole rings is 1. The van der Waals surface area contributed by atoms with Gasteiger partial charge in [-0.1, -0.05) is 6.07 Å². The molecule has 2 aromatic rings. The number of carboxylic acid groups (broad SMARTS) is 1. The predicted octanol–water partition coefficient (Wildman–Crippen LogP) is 3.21. The van der Waals surface area contributed by atoms with Crippen molar-refractivity contribution in [1.82, 2.24) is 4.98 Å². The average Bonchev–Trinajstić information content (AvgIpc) is 3.18. The predicted molar refractivity (Wildman–Crippen MR) is 88.8 cm³/mol. The summed E-state index contributed by atoms with van der Waals surface area (Å²) in [5.74, 6) is -0.0463. The van der Waals surface area contributed by atoms with Crippen LogP contribution in [0.3, 0.4) is 0 Å². The summed E-state index contributed by atoms with van der Waals surface area (Å²) in [6.07, 6.45) is 2.33. The van der Waals surface area contributed by atoms with Gasteiger partial charge in [0.15, 0.2) is 10.8 Å². The molecule has 0 saturated heterocycles. The number of aromatic carboxylic acids is 1. The molecular weight excluding hydrogens is 312 g/mol. The Morgan fingerprint density at radius 2 is 2.22 bits per heavy atom. The Kier molecular flexibility index (Phi) is 3.13. The second-order valence-electron chi connectivity index (χ2n) is 6.37. The van der Waals surface area contributed by atoms with E-state index < -0.39 is 5.97 Å². The van der Waals surface area contributed by atoms with Gasteiger partial charge in [-0.15, -0.1) is 11.3 Å². The number of rotatable bonds is 3. The normalized spacial score (nSPS) is 17.9. The Bertz CT molecular complexity index is 795. The van der Waals surface area contributed by atoms with Crippen LogP contribution in [0, 0.1) is 6.92 Å². The number of carbonyl (C=O) groups is 1. The van der Waals surface area contributed by atoms with Crippen LogP contribution in [-0.4, -0.2) is 29.7 Å². The minimum Gasteiger partial charge on any atom is -0.497 e. The number of ether oxygens (including phenoxy) is 1. The third-order valence-electron chi connectivity index (χ3n) is 4.86. The van der Waals surface area contributed by atoms with Crippen LogP contribution in [0.5, 0.6) is 5.75 Å². The number of methoxy groups -OCH3 is 1. The summed E-state index contributed by atoms with van der Waals surface area (Å²) >= 11 is 1.47. The molecule has 0 radical (unpaired) electrons. The van der Waals surface area contributed by atoms with E-state index in [-0.39, 0.29) is 11.1 Å². The molecule has 1 fully saturated rings. The lowest BCUT2D eigenvalue weighted by Crippen LogP contribution is -2.37. The molecule has 1 aromatic heterocycles. The van der Waals surface area contributed by atoms with Crippen LogP contribution in [-0.2, 0) is 12.0 Å². The van der Waals surface area contributed by atoms with Gasteiger partial charge in [-0.3, -0.25) is 0 Å². The van der Waals surface area contributed by atoms with Crippen LogP contribution in [0.4, 0.5) is 5.13 Å². The van der Waals surface area contributed by atoms with Gasteiger partial charge < -0.3 is 14.7 Å². The van der Waals surface area contributed by atoms with Gasteiger partial charge in [0.1, 0.15) is 5.75 Å². The van der Waals surface area contributed by atoms with Crippen LogP contribution < -0.4 is 9.64 Å². The molecule has 5 nitrogen and oxygen atoms in total. The molecule has 0 bridgehead atoms. The first-order valence-corrected chi connectivity index (χ1v) is 8.47. The number of carboxylic acids is 1. The van der Waals surface area contributed by atoms with Crippen molar-refractivity contribution < 1.29 is 14.6 Å². The Balaban J connectivity index is 1.71. The molecule has 0 unspecified atom stereocenters. The Morgan fingerprint density at radius 1 is 1.43 bits per heavy atom. The summed E-state index contributed by atoms with van der Waals surface area (Å²) < 4.78 is 5.37. The summed E-state index contributed by atoms with van der Waals surface area (Å²) in [6.45, 7) is 3.49. The zero-order valence-corrected chi connectivity index (χ0v) is 13.9. The number of anilines is 1. The lowest BCUT2D eigenvalue weighted by atomic mass is 9.87. The molecule has 1 aromatic carbocycles. The first-order chi connectivity index (χ1) is 11.0. The van der Waals surface area contributed by atoms with E-state index in [4.69, 9.17) is 4.74 Å². The molecule has 1 N–H and O–H groups in total. The van der Waals surface area contributed by atoms with Gasteiger partial charge in [0, 0.05) is 23.4 Å². The summed E-state index contributed by atoms with van der Waals surface area (Å²) in [7, 11) is 1.70. The smallest absolute Gasteiger partial charge is 0.355 e. The van der Waals surface area contributed by atoms with Crippen molar-refractivity contribution in [3.63, 3.8) is 0 Å². The standard InChI is InChI=1S/C17H18N2O3S/c1-10-14(15(20)21)18-16(23-10)19-8-11-3-4-12(22-2)7-13(11)17(9-19)5-6-17/h3-4,7H,5-6,8-9H2,1-2H3,(H,20,21). The molecule has 0 amide bonds. The highest BCUT2D eigenvalue weighted by Gasteiger charge is 2.49. The number of nitrogens with zero attached hydrogens (tertiary/aromatic N) is 2. The minimum absolute atomic E-state index is 0.176. The van der Waals surface area contributed by atoms with Crippen molar-refractivity contribution >= 4 is 22.4 Å². The Hall–Kier alpha value is -2.08.